The van der Waals surface area contributed by atoms with Gasteiger partial charge in [-0.05, 0) is 37.5 Å². The molecule has 0 unspecified atom stereocenters. The molecule has 1 saturated carbocycles. The van der Waals surface area contributed by atoms with Crippen LogP contribution in [0.15, 0.2) is 24.3 Å². The SMILES string of the molecule is O=C(Nc1cccc(N2CCCC2=O)c1)NC1CC1. The van der Waals surface area contributed by atoms with Crippen LogP contribution in [-0.2, 0) is 4.79 Å². The number of amides is 3. The van der Waals surface area contributed by atoms with Crippen molar-refractivity contribution >= 4 is 23.3 Å². The first-order valence-corrected chi connectivity index (χ1v) is 6.70. The zero-order chi connectivity index (χ0) is 13.2. The van der Waals surface area contributed by atoms with Crippen LogP contribution in [0.1, 0.15) is 25.7 Å². The predicted octanol–water partition coefficient (Wildman–Crippen LogP) is 2.10. The van der Waals surface area contributed by atoms with Crippen LogP contribution in [0.25, 0.3) is 0 Å². The van der Waals surface area contributed by atoms with Gasteiger partial charge >= 0.3 is 6.03 Å². The van der Waals surface area contributed by atoms with E-state index in [4.69, 9.17) is 0 Å². The minimum atomic E-state index is -0.174. The molecule has 1 aliphatic carbocycles. The lowest BCUT2D eigenvalue weighted by Crippen LogP contribution is -2.30. The van der Waals surface area contributed by atoms with Crippen LogP contribution in [0.5, 0.6) is 0 Å². The van der Waals surface area contributed by atoms with Crippen LogP contribution in [0.3, 0.4) is 0 Å². The van der Waals surface area contributed by atoms with Crippen LogP contribution in [0.4, 0.5) is 16.2 Å². The largest absolute Gasteiger partial charge is 0.335 e. The molecule has 2 aliphatic rings. The van der Waals surface area contributed by atoms with Crippen molar-refractivity contribution in [2.75, 3.05) is 16.8 Å². The Bertz CT molecular complexity index is 511. The first-order chi connectivity index (χ1) is 9.22. The maximum atomic E-state index is 11.7. The van der Waals surface area contributed by atoms with E-state index in [0.717, 1.165) is 37.2 Å². The molecule has 1 aromatic rings. The van der Waals surface area contributed by atoms with E-state index in [1.54, 1.807) is 4.90 Å². The highest BCUT2D eigenvalue weighted by Crippen LogP contribution is 2.24. The van der Waals surface area contributed by atoms with Crippen molar-refractivity contribution < 1.29 is 9.59 Å². The standard InChI is InChI=1S/C14H17N3O2/c18-13-5-2-8-17(13)12-4-1-3-11(9-12)16-14(19)15-10-6-7-10/h1,3-4,9-10H,2,5-8H2,(H2,15,16,19). The number of benzene rings is 1. The highest BCUT2D eigenvalue weighted by atomic mass is 16.2. The molecule has 0 atom stereocenters. The molecule has 5 nitrogen and oxygen atoms in total. The molecule has 5 heteroatoms. The predicted molar refractivity (Wildman–Crippen MR) is 73.2 cm³/mol. The average molecular weight is 259 g/mol. The fourth-order valence-electron chi connectivity index (χ4n) is 2.25. The van der Waals surface area contributed by atoms with Gasteiger partial charge in [0.25, 0.3) is 0 Å². The minimum Gasteiger partial charge on any atom is -0.335 e. The van der Waals surface area contributed by atoms with E-state index in [1.807, 2.05) is 24.3 Å². The highest BCUT2D eigenvalue weighted by Gasteiger charge is 2.24. The van der Waals surface area contributed by atoms with Crippen molar-refractivity contribution in [1.29, 1.82) is 0 Å². The third-order valence-electron chi connectivity index (χ3n) is 3.40. The van der Waals surface area contributed by atoms with Crippen molar-refractivity contribution in [3.63, 3.8) is 0 Å². The second-order valence-electron chi connectivity index (χ2n) is 5.07. The number of carbonyl (C=O) groups excluding carboxylic acids is 2. The number of anilines is 2. The number of carbonyl (C=O) groups is 2. The van der Waals surface area contributed by atoms with Gasteiger partial charge < -0.3 is 15.5 Å². The topological polar surface area (TPSA) is 61.4 Å². The van der Waals surface area contributed by atoms with Gasteiger partial charge in [-0.1, -0.05) is 6.07 Å². The van der Waals surface area contributed by atoms with E-state index >= 15 is 0 Å². The van der Waals surface area contributed by atoms with Crippen LogP contribution >= 0.6 is 0 Å². The zero-order valence-electron chi connectivity index (χ0n) is 10.7. The summed E-state index contributed by atoms with van der Waals surface area (Å²) in [5.41, 5.74) is 1.57. The molecule has 2 fully saturated rings. The van der Waals surface area contributed by atoms with Crippen molar-refractivity contribution in [3.05, 3.63) is 24.3 Å². The smallest absolute Gasteiger partial charge is 0.319 e. The monoisotopic (exact) mass is 259 g/mol. The van der Waals surface area contributed by atoms with Gasteiger partial charge in [-0.15, -0.1) is 0 Å². The van der Waals surface area contributed by atoms with E-state index < -0.39 is 0 Å². The van der Waals surface area contributed by atoms with Gasteiger partial charge in [0.1, 0.15) is 0 Å². The van der Waals surface area contributed by atoms with E-state index in [1.165, 1.54) is 0 Å². The molecule has 100 valence electrons. The number of rotatable bonds is 3. The molecule has 3 amide bonds. The van der Waals surface area contributed by atoms with Crippen LogP contribution in [-0.4, -0.2) is 24.5 Å². The van der Waals surface area contributed by atoms with Gasteiger partial charge in [0.15, 0.2) is 0 Å². The molecule has 0 aromatic heterocycles. The number of nitrogens with one attached hydrogen (secondary N) is 2. The van der Waals surface area contributed by atoms with Crippen molar-refractivity contribution in [1.82, 2.24) is 5.32 Å². The van der Waals surface area contributed by atoms with E-state index in [2.05, 4.69) is 10.6 Å². The molecule has 1 saturated heterocycles. The number of hydrogen-bond acceptors (Lipinski definition) is 2. The van der Waals surface area contributed by atoms with Gasteiger partial charge in [-0.2, -0.15) is 0 Å². The molecule has 1 aromatic carbocycles. The average Bonchev–Trinajstić information content (AvgIpc) is 3.08. The molecule has 1 aliphatic heterocycles. The van der Waals surface area contributed by atoms with Gasteiger partial charge in [0.2, 0.25) is 5.91 Å². The number of hydrogen-bond donors (Lipinski definition) is 2. The Morgan fingerprint density at radius 3 is 2.84 bits per heavy atom. The Morgan fingerprint density at radius 2 is 2.16 bits per heavy atom. The number of nitrogens with zero attached hydrogens (tertiary/aromatic N) is 1. The van der Waals surface area contributed by atoms with Gasteiger partial charge in [0, 0.05) is 30.4 Å². The minimum absolute atomic E-state index is 0.152. The summed E-state index contributed by atoms with van der Waals surface area (Å²) in [5, 5.41) is 5.67. The lowest BCUT2D eigenvalue weighted by molar-refractivity contribution is -0.117. The maximum absolute atomic E-state index is 11.7. The molecule has 2 N–H and O–H groups in total. The summed E-state index contributed by atoms with van der Waals surface area (Å²) in [4.78, 5) is 25.1. The Morgan fingerprint density at radius 1 is 1.32 bits per heavy atom. The second-order valence-corrected chi connectivity index (χ2v) is 5.07. The Kier molecular flexibility index (Phi) is 3.11. The van der Waals surface area contributed by atoms with Crippen LogP contribution < -0.4 is 15.5 Å². The molecular formula is C14H17N3O2. The van der Waals surface area contributed by atoms with E-state index in [0.29, 0.717) is 12.5 Å². The van der Waals surface area contributed by atoms with Gasteiger partial charge in [0.05, 0.1) is 0 Å². The second kappa shape index (κ2) is 4.91. The van der Waals surface area contributed by atoms with Crippen molar-refractivity contribution in [2.45, 2.75) is 31.7 Å². The summed E-state index contributed by atoms with van der Waals surface area (Å²) in [7, 11) is 0. The summed E-state index contributed by atoms with van der Waals surface area (Å²) in [5.74, 6) is 0.152. The van der Waals surface area contributed by atoms with E-state index in [-0.39, 0.29) is 11.9 Å². The first kappa shape index (κ1) is 12.0. The Hall–Kier alpha value is -2.04. The molecule has 19 heavy (non-hydrogen) atoms. The van der Waals surface area contributed by atoms with Gasteiger partial charge in [-0.25, -0.2) is 4.79 Å². The third-order valence-corrected chi connectivity index (χ3v) is 3.40. The molecule has 0 spiro atoms. The summed E-state index contributed by atoms with van der Waals surface area (Å²) < 4.78 is 0. The number of urea groups is 1. The zero-order valence-corrected chi connectivity index (χ0v) is 10.7. The quantitative estimate of drug-likeness (QED) is 0.873. The van der Waals surface area contributed by atoms with Crippen molar-refractivity contribution in [3.8, 4) is 0 Å². The van der Waals surface area contributed by atoms with E-state index in [9.17, 15) is 9.59 Å². The Balaban J connectivity index is 1.68. The van der Waals surface area contributed by atoms with Crippen LogP contribution in [0, 0.1) is 0 Å². The summed E-state index contributed by atoms with van der Waals surface area (Å²) in [6, 6.07) is 7.59. The maximum Gasteiger partial charge on any atom is 0.319 e. The summed E-state index contributed by atoms with van der Waals surface area (Å²) >= 11 is 0. The van der Waals surface area contributed by atoms with Gasteiger partial charge in [-0.3, -0.25) is 4.79 Å². The normalized spacial score (nSPS) is 18.5. The third kappa shape index (κ3) is 2.86. The molecule has 1 heterocycles. The fraction of sp³-hybridized carbons (Fsp3) is 0.429. The Labute approximate surface area is 112 Å². The lowest BCUT2D eigenvalue weighted by atomic mass is 10.2. The summed E-state index contributed by atoms with van der Waals surface area (Å²) in [6.45, 7) is 0.760. The molecular weight excluding hydrogens is 242 g/mol. The molecule has 3 rings (SSSR count). The fourth-order valence-corrected chi connectivity index (χ4v) is 2.25. The lowest BCUT2D eigenvalue weighted by Gasteiger charge is -2.16. The molecule has 0 radical (unpaired) electrons. The highest BCUT2D eigenvalue weighted by molar-refractivity contribution is 5.96. The molecule has 0 bridgehead atoms. The van der Waals surface area contributed by atoms with Crippen molar-refractivity contribution in [2.24, 2.45) is 0 Å². The summed E-state index contributed by atoms with van der Waals surface area (Å²) in [6.07, 6.45) is 3.64. The first-order valence-electron chi connectivity index (χ1n) is 6.70. The van der Waals surface area contributed by atoms with Crippen LogP contribution in [0.2, 0.25) is 0 Å².